The molecule has 7 nitrogen and oxygen atoms in total. The number of hydrogen-bond acceptors (Lipinski definition) is 6. The van der Waals surface area contributed by atoms with Gasteiger partial charge in [-0.2, -0.15) is 0 Å². The molecule has 0 aliphatic heterocycles. The predicted molar refractivity (Wildman–Crippen MR) is 222 cm³/mol. The maximum atomic E-state index is 12.4. The minimum atomic E-state index is -4.40. The highest BCUT2D eigenvalue weighted by Gasteiger charge is 2.18. The van der Waals surface area contributed by atoms with Crippen molar-refractivity contribution in [3.05, 3.63) is 0 Å². The number of rotatable bonds is 40. The SMILES string of the molecule is CCCCCCCCCCCCCCCCOC[C@H](COP(=O)([O-])OCC[N+](C)(C)C)OCC[C@H](C)CCC[C@H](C)CCC[C@H](C)CCCC(C)C. The minimum Gasteiger partial charge on any atom is -0.756 e. The van der Waals surface area contributed by atoms with E-state index in [2.05, 4.69) is 41.5 Å². The molecule has 0 aliphatic rings. The van der Waals surface area contributed by atoms with Crippen LogP contribution in [0.25, 0.3) is 0 Å². The Hall–Kier alpha value is -0.0100. The average molecular weight is 762 g/mol. The van der Waals surface area contributed by atoms with E-state index in [0.717, 1.165) is 30.6 Å². The van der Waals surface area contributed by atoms with Gasteiger partial charge >= 0.3 is 0 Å². The van der Waals surface area contributed by atoms with Gasteiger partial charge in [0.15, 0.2) is 0 Å². The highest BCUT2D eigenvalue weighted by Crippen LogP contribution is 2.38. The van der Waals surface area contributed by atoms with Crippen LogP contribution in [0.1, 0.15) is 196 Å². The predicted octanol–water partition coefficient (Wildman–Crippen LogP) is 12.5. The van der Waals surface area contributed by atoms with Crippen molar-refractivity contribution in [3.8, 4) is 0 Å². The van der Waals surface area contributed by atoms with Gasteiger partial charge in [-0.1, -0.05) is 183 Å². The molecule has 0 fully saturated rings. The first-order valence-corrected chi connectivity index (χ1v) is 23.8. The molecule has 5 atom stereocenters. The second-order valence-electron chi connectivity index (χ2n) is 18.0. The lowest BCUT2D eigenvalue weighted by Gasteiger charge is -2.28. The molecule has 0 aromatic rings. The van der Waals surface area contributed by atoms with E-state index < -0.39 is 13.9 Å². The third kappa shape index (κ3) is 38.3. The van der Waals surface area contributed by atoms with Crippen LogP contribution >= 0.6 is 7.82 Å². The summed E-state index contributed by atoms with van der Waals surface area (Å²) in [6, 6.07) is 0. The van der Waals surface area contributed by atoms with Gasteiger partial charge in [-0.05, 0) is 36.5 Å². The van der Waals surface area contributed by atoms with Crippen molar-refractivity contribution in [3.63, 3.8) is 0 Å². The zero-order valence-corrected chi connectivity index (χ0v) is 37.3. The van der Waals surface area contributed by atoms with Gasteiger partial charge in [-0.3, -0.25) is 4.57 Å². The van der Waals surface area contributed by atoms with Crippen molar-refractivity contribution in [1.82, 2.24) is 0 Å². The summed E-state index contributed by atoms with van der Waals surface area (Å²) in [5.74, 6) is 3.04. The first-order valence-electron chi connectivity index (χ1n) is 22.3. The van der Waals surface area contributed by atoms with Gasteiger partial charge in [0.05, 0.1) is 34.4 Å². The van der Waals surface area contributed by atoms with E-state index in [1.54, 1.807) is 0 Å². The quantitative estimate of drug-likeness (QED) is 0.0351. The highest BCUT2D eigenvalue weighted by atomic mass is 31.2. The normalized spacial score (nSPS) is 15.9. The molecule has 0 saturated heterocycles. The number of likely N-dealkylation sites (N-methyl/N-ethyl adjacent to an activating group) is 1. The van der Waals surface area contributed by atoms with Gasteiger partial charge < -0.3 is 27.9 Å². The molecule has 0 bridgehead atoms. The molecule has 0 saturated carbocycles. The topological polar surface area (TPSA) is 77.1 Å². The van der Waals surface area contributed by atoms with Crippen LogP contribution in [0.4, 0.5) is 0 Å². The number of ether oxygens (including phenoxy) is 2. The smallest absolute Gasteiger partial charge is 0.268 e. The molecule has 0 aromatic heterocycles. The molecule has 0 radical (unpaired) electrons. The third-order valence-electron chi connectivity index (χ3n) is 10.6. The van der Waals surface area contributed by atoms with Crippen LogP contribution in [0.2, 0.25) is 0 Å². The fourth-order valence-corrected chi connectivity index (χ4v) is 7.50. The molecular formula is C44H92NO6P. The summed E-state index contributed by atoms with van der Waals surface area (Å²) in [4.78, 5) is 12.4. The third-order valence-corrected chi connectivity index (χ3v) is 11.6. The maximum Gasteiger partial charge on any atom is 0.268 e. The standard InChI is InChI=1S/C44H92NO6P/c1-10-11-12-13-14-15-16-17-18-19-20-21-22-23-35-48-38-44(39-51-52(46,47)50-37-34-45(7,8)9)49-36-33-43(6)32-26-31-42(5)30-25-29-41(4)28-24-27-40(2)3/h40-44H,10-39H2,1-9H3/t41-,42-,43-,44-/m1/s1. The van der Waals surface area contributed by atoms with E-state index in [1.807, 2.05) is 21.1 Å². The zero-order valence-electron chi connectivity index (χ0n) is 36.4. The fraction of sp³-hybridized carbons (Fsp3) is 1.00. The molecule has 0 amide bonds. The van der Waals surface area contributed by atoms with Crippen LogP contribution < -0.4 is 4.89 Å². The summed E-state index contributed by atoms with van der Waals surface area (Å²) >= 11 is 0. The fourth-order valence-electron chi connectivity index (χ4n) is 6.77. The number of hydrogen-bond donors (Lipinski definition) is 0. The Kier molecular flexibility index (Phi) is 34.2. The van der Waals surface area contributed by atoms with Crippen molar-refractivity contribution in [2.75, 3.05) is 60.7 Å². The van der Waals surface area contributed by atoms with Crippen LogP contribution in [0.15, 0.2) is 0 Å². The summed E-state index contributed by atoms with van der Waals surface area (Å²) in [6.45, 7) is 16.2. The first kappa shape index (κ1) is 52.0. The van der Waals surface area contributed by atoms with Crippen molar-refractivity contribution in [2.45, 2.75) is 202 Å². The Balaban J connectivity index is 4.34. The highest BCUT2D eigenvalue weighted by molar-refractivity contribution is 7.45. The number of unbranched alkanes of at least 4 members (excludes halogenated alkanes) is 13. The minimum absolute atomic E-state index is 0.0773. The Morgan fingerprint density at radius 2 is 0.962 bits per heavy atom. The molecule has 1 unspecified atom stereocenters. The summed E-state index contributed by atoms with van der Waals surface area (Å²) in [7, 11) is 1.59. The van der Waals surface area contributed by atoms with Gasteiger partial charge in [-0.25, -0.2) is 0 Å². The van der Waals surface area contributed by atoms with E-state index in [0.29, 0.717) is 36.8 Å². The maximum absolute atomic E-state index is 12.4. The summed E-state index contributed by atoms with van der Waals surface area (Å²) in [6.07, 6.45) is 31.0. The van der Waals surface area contributed by atoms with E-state index in [-0.39, 0.29) is 13.2 Å². The largest absolute Gasteiger partial charge is 0.756 e. The Morgan fingerprint density at radius 1 is 0.519 bits per heavy atom. The van der Waals surface area contributed by atoms with Crippen LogP contribution in [0, 0.1) is 23.7 Å². The van der Waals surface area contributed by atoms with Gasteiger partial charge in [0.2, 0.25) is 0 Å². The number of nitrogens with zero attached hydrogens (tertiary/aromatic N) is 1. The van der Waals surface area contributed by atoms with Crippen LogP contribution in [-0.2, 0) is 23.1 Å². The van der Waals surface area contributed by atoms with E-state index in [9.17, 15) is 9.46 Å². The molecule has 0 rings (SSSR count). The Morgan fingerprint density at radius 3 is 1.42 bits per heavy atom. The molecule has 0 heterocycles. The molecule has 8 heteroatoms. The summed E-state index contributed by atoms with van der Waals surface area (Å²) in [5.41, 5.74) is 0. The van der Waals surface area contributed by atoms with E-state index in [4.69, 9.17) is 18.5 Å². The van der Waals surface area contributed by atoms with Gasteiger partial charge in [-0.15, -0.1) is 0 Å². The monoisotopic (exact) mass is 762 g/mol. The summed E-state index contributed by atoms with van der Waals surface area (Å²) < 4.78 is 35.6. The summed E-state index contributed by atoms with van der Waals surface area (Å²) in [5, 5.41) is 0. The van der Waals surface area contributed by atoms with Crippen LogP contribution in [-0.4, -0.2) is 71.3 Å². The van der Waals surface area contributed by atoms with Crippen molar-refractivity contribution in [2.24, 2.45) is 23.7 Å². The Bertz CT molecular complexity index is 806. The molecule has 0 aromatic carbocycles. The van der Waals surface area contributed by atoms with Crippen LogP contribution in [0.3, 0.4) is 0 Å². The van der Waals surface area contributed by atoms with Gasteiger partial charge in [0.25, 0.3) is 7.82 Å². The van der Waals surface area contributed by atoms with Crippen molar-refractivity contribution >= 4 is 7.82 Å². The second kappa shape index (κ2) is 34.3. The average Bonchev–Trinajstić information content (AvgIpc) is 3.05. The number of phosphoric acid groups is 1. The van der Waals surface area contributed by atoms with Gasteiger partial charge in [0, 0.05) is 13.2 Å². The molecule has 52 heavy (non-hydrogen) atoms. The van der Waals surface area contributed by atoms with Crippen LogP contribution in [0.5, 0.6) is 0 Å². The molecule has 0 N–H and O–H groups in total. The molecule has 0 aliphatic carbocycles. The lowest BCUT2D eigenvalue weighted by molar-refractivity contribution is -0.870. The number of quaternary nitrogens is 1. The number of phosphoric ester groups is 1. The molecule has 314 valence electrons. The van der Waals surface area contributed by atoms with Crippen molar-refractivity contribution in [1.29, 1.82) is 0 Å². The van der Waals surface area contributed by atoms with Crippen molar-refractivity contribution < 1.29 is 32.5 Å². The second-order valence-corrected chi connectivity index (χ2v) is 19.5. The lowest BCUT2D eigenvalue weighted by atomic mass is 9.91. The zero-order chi connectivity index (χ0) is 38.9. The van der Waals surface area contributed by atoms with Gasteiger partial charge in [0.1, 0.15) is 19.3 Å². The molecular weight excluding hydrogens is 669 g/mol. The molecule has 0 spiro atoms. The van der Waals surface area contributed by atoms with E-state index in [1.165, 1.54) is 141 Å². The van der Waals surface area contributed by atoms with E-state index >= 15 is 0 Å². The Labute approximate surface area is 325 Å². The first-order chi connectivity index (χ1) is 24.7. The lowest BCUT2D eigenvalue weighted by Crippen LogP contribution is -2.37.